The molecule has 0 aromatic heterocycles. The van der Waals surface area contributed by atoms with Gasteiger partial charge < -0.3 is 17.2 Å². The van der Waals surface area contributed by atoms with E-state index in [2.05, 4.69) is 24.1 Å². The Hall–Kier alpha value is 0.420. The van der Waals surface area contributed by atoms with Gasteiger partial charge in [0.15, 0.2) is 0 Å². The van der Waals surface area contributed by atoms with E-state index in [1.807, 2.05) is 20.8 Å². The second-order valence-electron chi connectivity index (χ2n) is 4.52. The predicted octanol–water partition coefficient (Wildman–Crippen LogP) is 6.25. The topological polar surface area (TPSA) is 83.8 Å². The molecule has 0 rings (SSSR count). The zero-order valence-electron chi connectivity index (χ0n) is 13.8. The normalized spacial score (nSPS) is 8.84. The van der Waals surface area contributed by atoms with Crippen LogP contribution in [0.15, 0.2) is 3.34 Å². The van der Waals surface area contributed by atoms with Gasteiger partial charge in [0.1, 0.15) is 0 Å². The number of nitrogens with zero attached hydrogens (tertiary/aromatic N) is 1. The molecule has 0 heterocycles. The molecule has 0 aliphatic rings. The molecule has 0 unspecified atom stereocenters. The molecule has 3 N–H and O–H groups in total. The Morgan fingerprint density at radius 3 is 1.00 bits per heavy atom. The van der Waals surface area contributed by atoms with Gasteiger partial charge in [0.05, 0.1) is 0 Å². The van der Waals surface area contributed by atoms with Crippen molar-refractivity contribution in [2.24, 2.45) is 3.34 Å². The molecule has 0 amide bonds. The maximum absolute atomic E-state index is 6.45. The van der Waals surface area contributed by atoms with Gasteiger partial charge in [-0.1, -0.05) is 40.0 Å². The van der Waals surface area contributed by atoms with Gasteiger partial charge in [0.2, 0.25) is 0 Å². The van der Waals surface area contributed by atoms with Crippen LogP contribution in [0.1, 0.15) is 67.2 Å². The summed E-state index contributed by atoms with van der Waals surface area (Å²) in [5, 5.41) is 0. The van der Waals surface area contributed by atoms with E-state index in [4.69, 9.17) is 17.2 Å². The average Bonchev–Trinajstić information content (AvgIpc) is 2.47. The van der Waals surface area contributed by atoms with Crippen molar-refractivity contribution in [3.63, 3.8) is 0 Å². The van der Waals surface area contributed by atoms with Crippen LogP contribution in [0.25, 0.3) is 17.2 Å². The van der Waals surface area contributed by atoms with E-state index in [1.54, 1.807) is 0 Å². The van der Waals surface area contributed by atoms with Gasteiger partial charge in [-0.25, -0.2) is 0 Å². The standard InChI is InChI=1S/C5H11N.3C3H8N.Ta/c1-4-5(2,3)6;3*1-2-3-4;/h4H2,1-3H3;3*4H,2-3H2,1H3;/q;3*-1;. The molecule has 5 heteroatoms. The molecule has 0 aromatic rings. The first-order valence-electron chi connectivity index (χ1n) is 7.17. The smallest absolute Gasteiger partial charge is 0.0670 e. The molecule has 0 fully saturated rings. The third-order valence-electron chi connectivity index (χ3n) is 1.89. The summed E-state index contributed by atoms with van der Waals surface area (Å²) in [6, 6.07) is 0. The van der Waals surface area contributed by atoms with Crippen LogP contribution in [0.4, 0.5) is 0 Å². The van der Waals surface area contributed by atoms with Crippen molar-refractivity contribution in [2.75, 3.05) is 19.6 Å². The Bertz CT molecular complexity index is 126. The molecule has 0 radical (unpaired) electrons. The Morgan fingerprint density at radius 1 is 0.789 bits per heavy atom. The van der Waals surface area contributed by atoms with Gasteiger partial charge in [-0.3, -0.25) is 0 Å². The number of hydrogen-bond donors (Lipinski definition) is 0. The average molecular weight is 440 g/mol. The van der Waals surface area contributed by atoms with Crippen LogP contribution >= 0.6 is 0 Å². The van der Waals surface area contributed by atoms with E-state index < -0.39 is 0 Å². The number of hydrogen-bond acceptors (Lipinski definition) is 1. The molecule has 0 aliphatic heterocycles. The fourth-order valence-corrected chi connectivity index (χ4v) is 0.579. The second-order valence-corrected chi connectivity index (χ2v) is 5.23. The van der Waals surface area contributed by atoms with Crippen molar-refractivity contribution in [1.29, 1.82) is 0 Å². The molecular formula is C14H35N4Ta-3. The molecule has 119 valence electrons. The zero-order chi connectivity index (χ0) is 16.2. The van der Waals surface area contributed by atoms with Crippen molar-refractivity contribution in [2.45, 2.75) is 72.8 Å². The van der Waals surface area contributed by atoms with Gasteiger partial charge in [-0.15, -0.1) is 0 Å². The molecule has 0 saturated carbocycles. The van der Waals surface area contributed by atoms with Crippen LogP contribution in [0.2, 0.25) is 0 Å². The SMILES string of the molecule is CCC(C)(C)[N]=[Ta].CCC[NH-].CCC[NH-].CCC[NH-]. The summed E-state index contributed by atoms with van der Waals surface area (Å²) in [5.41, 5.74) is 19.6. The third-order valence-corrected chi connectivity index (χ3v) is 3.83. The van der Waals surface area contributed by atoms with Crippen molar-refractivity contribution in [1.82, 2.24) is 0 Å². The van der Waals surface area contributed by atoms with Gasteiger partial charge in [0.25, 0.3) is 0 Å². The quantitative estimate of drug-likeness (QED) is 0.484. The van der Waals surface area contributed by atoms with Crippen molar-refractivity contribution < 1.29 is 20.9 Å². The van der Waals surface area contributed by atoms with Crippen LogP contribution in [0.3, 0.4) is 0 Å². The van der Waals surface area contributed by atoms with Gasteiger partial charge >= 0.3 is 57.0 Å². The molecular weight excluding hydrogens is 405 g/mol. The molecule has 0 aromatic carbocycles. The van der Waals surface area contributed by atoms with E-state index >= 15 is 0 Å². The first-order chi connectivity index (χ1) is 8.86. The molecule has 0 bridgehead atoms. The van der Waals surface area contributed by atoms with E-state index in [9.17, 15) is 0 Å². The molecule has 0 spiro atoms. The first-order valence-corrected chi connectivity index (χ1v) is 8.60. The van der Waals surface area contributed by atoms with E-state index in [1.165, 1.54) is 0 Å². The zero-order valence-corrected chi connectivity index (χ0v) is 17.1. The van der Waals surface area contributed by atoms with Crippen LogP contribution < -0.4 is 0 Å². The van der Waals surface area contributed by atoms with Crippen LogP contribution in [-0.2, 0) is 20.9 Å². The van der Waals surface area contributed by atoms with E-state index in [0.29, 0.717) is 19.6 Å². The maximum atomic E-state index is 6.45. The van der Waals surface area contributed by atoms with Crippen molar-refractivity contribution in [3.05, 3.63) is 17.2 Å². The summed E-state index contributed by atoms with van der Waals surface area (Å²) >= 11 is 1.16. The number of nitrogens with one attached hydrogen (secondary N) is 3. The minimum atomic E-state index is 0.258. The molecule has 0 aliphatic carbocycles. The Labute approximate surface area is 134 Å². The minimum Gasteiger partial charge on any atom is -0.677 e. The summed E-state index contributed by atoms with van der Waals surface area (Å²) in [6.07, 6.45) is 4.11. The van der Waals surface area contributed by atoms with Crippen LogP contribution in [-0.4, -0.2) is 25.2 Å². The van der Waals surface area contributed by atoms with Gasteiger partial charge in [-0.2, -0.15) is 19.6 Å². The third kappa shape index (κ3) is 56.0. The van der Waals surface area contributed by atoms with Gasteiger partial charge in [-0.05, 0) is 0 Å². The largest absolute Gasteiger partial charge is 0.677 e. The van der Waals surface area contributed by atoms with E-state index in [0.717, 1.165) is 46.6 Å². The van der Waals surface area contributed by atoms with Crippen LogP contribution in [0, 0.1) is 0 Å². The Morgan fingerprint density at radius 2 is 1.00 bits per heavy atom. The summed E-state index contributed by atoms with van der Waals surface area (Å²) in [6.45, 7) is 14.2. The first kappa shape index (κ1) is 27.7. The van der Waals surface area contributed by atoms with E-state index in [-0.39, 0.29) is 5.54 Å². The molecule has 0 atom stereocenters. The summed E-state index contributed by atoms with van der Waals surface area (Å²) < 4.78 is 4.25. The summed E-state index contributed by atoms with van der Waals surface area (Å²) in [7, 11) is 0. The Balaban J connectivity index is -0.0000000825. The number of rotatable bonds is 5. The van der Waals surface area contributed by atoms with Crippen molar-refractivity contribution >= 4 is 0 Å². The molecule has 19 heavy (non-hydrogen) atoms. The predicted molar refractivity (Wildman–Crippen MR) is 85.2 cm³/mol. The summed E-state index contributed by atoms with van der Waals surface area (Å²) in [5.74, 6) is 0. The molecule has 4 nitrogen and oxygen atoms in total. The second kappa shape index (κ2) is 26.9. The fourth-order valence-electron chi connectivity index (χ4n) is 0.0707. The van der Waals surface area contributed by atoms with Crippen molar-refractivity contribution in [3.8, 4) is 0 Å². The monoisotopic (exact) mass is 440 g/mol. The Kier molecular flexibility index (Phi) is 39.2. The minimum absolute atomic E-state index is 0.258. The maximum Gasteiger partial charge on any atom is -0.0670 e. The summed E-state index contributed by atoms with van der Waals surface area (Å²) in [4.78, 5) is 0. The fraction of sp³-hybridized carbons (Fsp3) is 1.00. The molecule has 0 saturated heterocycles. The van der Waals surface area contributed by atoms with Gasteiger partial charge in [0, 0.05) is 0 Å². The van der Waals surface area contributed by atoms with Crippen LogP contribution in [0.5, 0.6) is 0 Å².